The third-order valence-electron chi connectivity index (χ3n) is 18.8. The van der Waals surface area contributed by atoms with Gasteiger partial charge in [-0.25, -0.2) is 0 Å². The summed E-state index contributed by atoms with van der Waals surface area (Å²) in [5, 5.41) is 9.99. The van der Waals surface area contributed by atoms with E-state index in [-0.39, 0.29) is 0 Å². The Kier molecular flexibility index (Phi) is 9.85. The van der Waals surface area contributed by atoms with Crippen LogP contribution in [0.5, 0.6) is 23.0 Å². The van der Waals surface area contributed by atoms with Gasteiger partial charge in [0, 0.05) is 76.6 Å². The summed E-state index contributed by atoms with van der Waals surface area (Å²) in [6, 6.07) is 112. The van der Waals surface area contributed by atoms with Crippen molar-refractivity contribution in [3.05, 3.63) is 303 Å². The molecule has 6 heterocycles. The number of nitrogens with zero attached hydrogens (tertiary/aromatic N) is 4. The molecule has 6 nitrogen and oxygen atoms in total. The van der Waals surface area contributed by atoms with Gasteiger partial charge in [0.05, 0.1) is 22.7 Å². The van der Waals surface area contributed by atoms with Crippen LogP contribution < -0.4 is 70.6 Å². The summed E-state index contributed by atoms with van der Waals surface area (Å²) in [5.41, 5.74) is 17.5. The number of anilines is 12. The summed E-state index contributed by atoms with van der Waals surface area (Å²) < 4.78 is 16.8. The van der Waals surface area contributed by atoms with Crippen LogP contribution in [0.1, 0.15) is 0 Å². The highest BCUT2D eigenvalue weighted by atomic mass is 28.3. The topological polar surface area (TPSA) is 31.4 Å². The number of ether oxygens (including phenoxy) is 2. The van der Waals surface area contributed by atoms with Gasteiger partial charge in [0.15, 0.2) is 27.6 Å². The first kappa shape index (κ1) is 47.6. The lowest BCUT2D eigenvalue weighted by Gasteiger charge is -2.57. The minimum atomic E-state index is -3.71. The molecule has 2 unspecified atom stereocenters. The SMILES string of the molecule is c1ccc(-c2cc3c4c(c2)N(c2ccccc2)c2cc(-c5ccccc5)cc5c2[Si]4(c2ccccc2)c2c(c4c6c(c2N5c2ccccc2)Oc2cccc5c2[Si]6(c2ccccc2)c2c(cccc2N4c2ccccc2)N5c2ccccc2)O3)cc1. The number of rotatable bonds is 8. The van der Waals surface area contributed by atoms with E-state index in [0.717, 1.165) is 114 Å². The minimum absolute atomic E-state index is 0.865. The summed E-state index contributed by atoms with van der Waals surface area (Å²) in [5.74, 6) is 3.48. The fraction of sp³-hybridized carbons (Fsp3) is 0. The highest BCUT2D eigenvalue weighted by Crippen LogP contribution is 2.61. The predicted molar refractivity (Wildman–Crippen MR) is 358 cm³/mol. The Morgan fingerprint density at radius 2 is 0.535 bits per heavy atom. The first-order valence-electron chi connectivity index (χ1n) is 29.6. The van der Waals surface area contributed by atoms with Crippen LogP contribution in [0.25, 0.3) is 22.3 Å². The maximum atomic E-state index is 8.46. The Morgan fingerprint density at radius 3 is 1.01 bits per heavy atom. The zero-order valence-electron chi connectivity index (χ0n) is 46.5. The molecule has 0 saturated heterocycles. The maximum Gasteiger partial charge on any atom is 0.198 e. The van der Waals surface area contributed by atoms with E-state index in [2.05, 4.69) is 323 Å². The van der Waals surface area contributed by atoms with E-state index in [1.807, 2.05) is 0 Å². The van der Waals surface area contributed by atoms with Gasteiger partial charge in [-0.15, -0.1) is 0 Å². The number of hydrogen-bond acceptors (Lipinski definition) is 6. The lowest BCUT2D eigenvalue weighted by atomic mass is 9.99. The van der Waals surface area contributed by atoms with Gasteiger partial charge in [-0.1, -0.05) is 206 Å². The highest BCUT2D eigenvalue weighted by Gasteiger charge is 2.66. The van der Waals surface area contributed by atoms with Gasteiger partial charge in [-0.05, 0) is 130 Å². The van der Waals surface area contributed by atoms with E-state index in [1.54, 1.807) is 0 Å². The van der Waals surface area contributed by atoms with Crippen LogP contribution in [-0.4, -0.2) is 16.1 Å². The molecule has 19 rings (SSSR count). The second kappa shape index (κ2) is 17.8. The van der Waals surface area contributed by atoms with Crippen molar-refractivity contribution < 1.29 is 9.47 Å². The number of benzene rings is 13. The Labute approximate surface area is 500 Å². The van der Waals surface area contributed by atoms with Crippen LogP contribution in [0.2, 0.25) is 0 Å². The predicted octanol–water partition coefficient (Wildman–Crippen LogP) is 15.1. The fourth-order valence-electron chi connectivity index (χ4n) is 15.7. The molecule has 0 aromatic heterocycles. The molecular weight excluding hydrogens is 1080 g/mol. The van der Waals surface area contributed by atoms with Crippen LogP contribution in [0, 0.1) is 0 Å². The maximum absolute atomic E-state index is 8.46. The van der Waals surface area contributed by atoms with Crippen molar-refractivity contribution in [1.82, 2.24) is 0 Å². The van der Waals surface area contributed by atoms with Crippen molar-refractivity contribution in [2.75, 3.05) is 19.6 Å². The molecule has 0 N–H and O–H groups in total. The molecule has 402 valence electrons. The molecule has 2 atom stereocenters. The minimum Gasteiger partial charge on any atom is -0.455 e. The van der Waals surface area contributed by atoms with Crippen molar-refractivity contribution in [2.45, 2.75) is 0 Å². The van der Waals surface area contributed by atoms with Gasteiger partial charge in [-0.3, -0.25) is 0 Å². The molecule has 0 amide bonds. The number of hydrogen-bond donors (Lipinski definition) is 0. The first-order valence-corrected chi connectivity index (χ1v) is 33.6. The molecule has 13 aromatic rings. The van der Waals surface area contributed by atoms with E-state index in [0.29, 0.717) is 0 Å². The van der Waals surface area contributed by atoms with Crippen molar-refractivity contribution in [2.24, 2.45) is 0 Å². The summed E-state index contributed by atoms with van der Waals surface area (Å²) in [6.45, 7) is 0. The molecular formula is C78H50N4O2Si2. The third kappa shape index (κ3) is 6.12. The lowest BCUT2D eigenvalue weighted by molar-refractivity contribution is 0.476. The lowest BCUT2D eigenvalue weighted by Crippen LogP contribution is -2.83. The van der Waals surface area contributed by atoms with Gasteiger partial charge in [0.25, 0.3) is 0 Å². The molecule has 13 aromatic carbocycles. The molecule has 0 saturated carbocycles. The van der Waals surface area contributed by atoms with Crippen molar-refractivity contribution in [3.63, 3.8) is 0 Å². The van der Waals surface area contributed by atoms with Crippen LogP contribution in [0.15, 0.2) is 303 Å². The average molecular weight is 1130 g/mol. The Hall–Kier alpha value is -10.9. The van der Waals surface area contributed by atoms with Crippen LogP contribution in [-0.2, 0) is 0 Å². The quantitative estimate of drug-likeness (QED) is 0.141. The molecule has 0 radical (unpaired) electrons. The van der Waals surface area contributed by atoms with Crippen molar-refractivity contribution in [3.8, 4) is 45.3 Å². The first-order chi connectivity index (χ1) is 42.7. The average Bonchev–Trinajstić information content (AvgIpc) is 0.641. The van der Waals surface area contributed by atoms with Gasteiger partial charge in [0.2, 0.25) is 0 Å². The third-order valence-corrected chi connectivity index (χ3v) is 28.7. The number of fused-ring (bicyclic) bond motifs is 2. The monoisotopic (exact) mass is 1130 g/mol. The van der Waals surface area contributed by atoms with Crippen LogP contribution in [0.3, 0.4) is 0 Å². The number of para-hydroxylation sites is 4. The molecule has 0 aliphatic carbocycles. The van der Waals surface area contributed by atoms with Crippen molar-refractivity contribution in [1.29, 1.82) is 0 Å². The normalized spacial score (nSPS) is 17.0. The molecule has 86 heavy (non-hydrogen) atoms. The molecule has 0 spiro atoms. The zero-order valence-corrected chi connectivity index (χ0v) is 48.5. The van der Waals surface area contributed by atoms with E-state index in [1.165, 1.54) is 41.5 Å². The zero-order chi connectivity index (χ0) is 56.2. The Balaban J connectivity index is 1.08. The second-order valence-electron chi connectivity index (χ2n) is 23.0. The smallest absolute Gasteiger partial charge is 0.198 e. The Morgan fingerprint density at radius 1 is 0.221 bits per heavy atom. The van der Waals surface area contributed by atoms with E-state index >= 15 is 0 Å². The summed E-state index contributed by atoms with van der Waals surface area (Å²) in [6.07, 6.45) is 0. The van der Waals surface area contributed by atoms with E-state index in [4.69, 9.17) is 9.47 Å². The van der Waals surface area contributed by atoms with E-state index < -0.39 is 16.1 Å². The van der Waals surface area contributed by atoms with Gasteiger partial charge >= 0.3 is 0 Å². The van der Waals surface area contributed by atoms with Crippen molar-refractivity contribution >= 4 is 126 Å². The molecule has 0 bridgehead atoms. The second-order valence-corrected chi connectivity index (χ2v) is 30.2. The molecule has 6 aliphatic heterocycles. The summed E-state index contributed by atoms with van der Waals surface area (Å²) in [4.78, 5) is 10.2. The molecule has 6 aliphatic rings. The summed E-state index contributed by atoms with van der Waals surface area (Å²) in [7, 11) is -7.30. The van der Waals surface area contributed by atoms with Gasteiger partial charge in [-0.2, -0.15) is 0 Å². The van der Waals surface area contributed by atoms with Crippen LogP contribution in [0.4, 0.5) is 68.2 Å². The molecule has 0 fully saturated rings. The Bertz CT molecular complexity index is 4950. The van der Waals surface area contributed by atoms with E-state index in [9.17, 15) is 0 Å². The largest absolute Gasteiger partial charge is 0.455 e. The summed E-state index contributed by atoms with van der Waals surface area (Å²) >= 11 is 0. The van der Waals surface area contributed by atoms with Gasteiger partial charge < -0.3 is 29.1 Å². The molecule has 8 heteroatoms. The fourth-order valence-corrected chi connectivity index (χ4v) is 27.0. The van der Waals surface area contributed by atoms with Gasteiger partial charge in [0.1, 0.15) is 11.5 Å². The van der Waals surface area contributed by atoms with Crippen LogP contribution >= 0.6 is 0 Å². The highest BCUT2D eigenvalue weighted by molar-refractivity contribution is 7.26. The standard InChI is InChI=1S/C78H50N4O2Si2/c1-9-27-51(28-10-1)53-47-64-74-65(48-53)82(58-37-19-6-20-38-58)70-71-77-69(72-78(70)86(74,60-41-23-8-24-42-60)76-66(80(64)56-33-15-4-16-34-56)49-54(50-68(76)84-72)52-29-11-2-12-30-52)81(57-35-17-5-18-36-57)62-44-25-43-61-73(62)85(77,59-39-21-7-22-40-59)75-63(45-26-46-67(75)83-71)79(61)55-31-13-3-14-32-55/h1-50H.